The van der Waals surface area contributed by atoms with Crippen molar-refractivity contribution in [1.29, 1.82) is 0 Å². The largest absolute Gasteiger partial charge is 0.492 e. The first kappa shape index (κ1) is 15.9. The smallest absolute Gasteiger partial charge is 0.252 e. The van der Waals surface area contributed by atoms with E-state index >= 15 is 0 Å². The van der Waals surface area contributed by atoms with Gasteiger partial charge in [0, 0.05) is 11.8 Å². The third kappa shape index (κ3) is 2.36. The second-order valence-electron chi connectivity index (χ2n) is 6.87. The van der Waals surface area contributed by atoms with Gasteiger partial charge in [-0.05, 0) is 17.6 Å². The minimum Gasteiger partial charge on any atom is -0.492 e. The lowest BCUT2D eigenvalue weighted by atomic mass is 9.64. The Morgan fingerprint density at radius 3 is 2.36 bits per heavy atom. The van der Waals surface area contributed by atoms with Crippen molar-refractivity contribution in [2.45, 2.75) is 12.3 Å². The molecule has 6 nitrogen and oxygen atoms in total. The second kappa shape index (κ2) is 5.74. The Morgan fingerprint density at radius 1 is 1.08 bits per heavy atom. The lowest BCUT2D eigenvalue weighted by molar-refractivity contribution is -0.141. The summed E-state index contributed by atoms with van der Waals surface area (Å²) in [6, 6.07) is 9.91. The van der Waals surface area contributed by atoms with E-state index in [1.807, 2.05) is 30.3 Å². The van der Waals surface area contributed by atoms with Crippen LogP contribution in [0.15, 0.2) is 53.3 Å². The van der Waals surface area contributed by atoms with Crippen molar-refractivity contribution in [3.63, 3.8) is 0 Å². The van der Waals surface area contributed by atoms with Crippen LogP contribution in [0.2, 0.25) is 0 Å². The van der Waals surface area contributed by atoms with E-state index in [1.54, 1.807) is 6.08 Å². The Bertz CT molecular complexity index is 795. The zero-order valence-corrected chi connectivity index (χ0v) is 13.7. The first-order chi connectivity index (χ1) is 12.0. The number of ether oxygens (including phenoxy) is 2. The Labute approximate surface area is 145 Å². The minimum atomic E-state index is -0.956. The third-order valence-electron chi connectivity index (χ3n) is 5.53. The third-order valence-corrected chi connectivity index (χ3v) is 5.53. The molecule has 2 heterocycles. The van der Waals surface area contributed by atoms with Crippen LogP contribution in [-0.4, -0.2) is 31.6 Å². The summed E-state index contributed by atoms with van der Waals surface area (Å²) in [6.07, 6.45) is 2.05. The number of rotatable bonds is 4. The molecular formula is C19H20N2O4. The highest BCUT2D eigenvalue weighted by Crippen LogP contribution is 2.51. The van der Waals surface area contributed by atoms with Crippen molar-refractivity contribution in [3.8, 4) is 0 Å². The molecule has 1 aromatic rings. The summed E-state index contributed by atoms with van der Waals surface area (Å²) < 4.78 is 11.1. The van der Waals surface area contributed by atoms with E-state index in [9.17, 15) is 9.59 Å². The van der Waals surface area contributed by atoms with Crippen molar-refractivity contribution in [1.82, 2.24) is 0 Å². The van der Waals surface area contributed by atoms with Crippen molar-refractivity contribution in [3.05, 3.63) is 58.9 Å². The van der Waals surface area contributed by atoms with Crippen LogP contribution in [0.1, 0.15) is 17.9 Å². The summed E-state index contributed by atoms with van der Waals surface area (Å²) in [4.78, 5) is 24.5. The first-order valence-electron chi connectivity index (χ1n) is 8.34. The standard InChI is InChI=1S/C19H20N2O4/c20-17(22)14-7-19(18(21)23,12-8-24-9-12)6-13-15(10-25-16(13)14)11-4-2-1-3-5-11/h1-5,7,12,15H,6,8-10H2,(H2,20,22)(H2,21,23). The molecule has 1 fully saturated rings. The average molecular weight is 340 g/mol. The molecule has 2 unspecified atom stereocenters. The monoisotopic (exact) mass is 340 g/mol. The molecule has 0 bridgehead atoms. The Kier molecular flexibility index (Phi) is 3.65. The Balaban J connectivity index is 1.82. The molecule has 1 aromatic carbocycles. The van der Waals surface area contributed by atoms with Gasteiger partial charge in [0.25, 0.3) is 5.91 Å². The van der Waals surface area contributed by atoms with Gasteiger partial charge >= 0.3 is 0 Å². The van der Waals surface area contributed by atoms with Crippen LogP contribution in [0.25, 0.3) is 0 Å². The number of carbonyl (C=O) groups is 2. The van der Waals surface area contributed by atoms with Crippen LogP contribution in [0.4, 0.5) is 0 Å². The van der Waals surface area contributed by atoms with Crippen molar-refractivity contribution in [2.75, 3.05) is 19.8 Å². The maximum atomic E-state index is 12.4. The average Bonchev–Trinajstić information content (AvgIpc) is 2.96. The summed E-state index contributed by atoms with van der Waals surface area (Å²) >= 11 is 0. The highest BCUT2D eigenvalue weighted by molar-refractivity contribution is 5.99. The lowest BCUT2D eigenvalue weighted by Gasteiger charge is -2.43. The lowest BCUT2D eigenvalue weighted by Crippen LogP contribution is -2.51. The number of benzene rings is 1. The maximum Gasteiger partial charge on any atom is 0.252 e. The van der Waals surface area contributed by atoms with E-state index in [0.29, 0.717) is 32.0 Å². The maximum absolute atomic E-state index is 12.4. The van der Waals surface area contributed by atoms with Crippen LogP contribution >= 0.6 is 0 Å². The fraction of sp³-hybridized carbons (Fsp3) is 0.368. The Hall–Kier alpha value is -2.60. The zero-order valence-electron chi connectivity index (χ0n) is 13.7. The summed E-state index contributed by atoms with van der Waals surface area (Å²) in [5.41, 5.74) is 12.7. The van der Waals surface area contributed by atoms with E-state index in [-0.39, 0.29) is 17.4 Å². The van der Waals surface area contributed by atoms with E-state index in [2.05, 4.69) is 0 Å². The van der Waals surface area contributed by atoms with Gasteiger partial charge in [-0.1, -0.05) is 36.4 Å². The molecule has 3 aliphatic rings. The van der Waals surface area contributed by atoms with Crippen LogP contribution in [0.3, 0.4) is 0 Å². The van der Waals surface area contributed by atoms with Crippen molar-refractivity contribution < 1.29 is 19.1 Å². The molecule has 2 aliphatic heterocycles. The van der Waals surface area contributed by atoms with E-state index < -0.39 is 17.2 Å². The van der Waals surface area contributed by atoms with Crippen LogP contribution in [0, 0.1) is 11.3 Å². The highest BCUT2D eigenvalue weighted by atomic mass is 16.5. The second-order valence-corrected chi connectivity index (χ2v) is 6.87. The molecule has 2 atom stereocenters. The zero-order chi connectivity index (χ0) is 17.6. The van der Waals surface area contributed by atoms with Gasteiger partial charge in [0.2, 0.25) is 5.91 Å². The van der Waals surface area contributed by atoms with Crippen molar-refractivity contribution >= 4 is 11.8 Å². The molecule has 130 valence electrons. The van der Waals surface area contributed by atoms with Gasteiger partial charge in [-0.3, -0.25) is 9.59 Å². The van der Waals surface area contributed by atoms with Gasteiger partial charge in [0.05, 0.1) is 30.8 Å². The molecule has 4 rings (SSSR count). The van der Waals surface area contributed by atoms with Crippen molar-refractivity contribution in [2.24, 2.45) is 22.8 Å². The van der Waals surface area contributed by atoms with Crippen LogP contribution in [-0.2, 0) is 19.1 Å². The van der Waals surface area contributed by atoms with Gasteiger partial charge in [-0.25, -0.2) is 0 Å². The molecule has 0 aromatic heterocycles. The van der Waals surface area contributed by atoms with E-state index in [0.717, 1.165) is 11.1 Å². The molecule has 6 heteroatoms. The van der Waals surface area contributed by atoms with E-state index in [1.165, 1.54) is 0 Å². The highest BCUT2D eigenvalue weighted by Gasteiger charge is 2.52. The van der Waals surface area contributed by atoms with Crippen LogP contribution < -0.4 is 11.5 Å². The first-order valence-corrected chi connectivity index (χ1v) is 8.34. The molecule has 25 heavy (non-hydrogen) atoms. The quantitative estimate of drug-likeness (QED) is 0.852. The molecule has 1 saturated heterocycles. The topological polar surface area (TPSA) is 105 Å². The van der Waals surface area contributed by atoms with Gasteiger partial charge < -0.3 is 20.9 Å². The predicted molar refractivity (Wildman–Crippen MR) is 90.0 cm³/mol. The number of primary amides is 2. The fourth-order valence-corrected chi connectivity index (χ4v) is 3.98. The predicted octanol–water partition coefficient (Wildman–Crippen LogP) is 0.988. The van der Waals surface area contributed by atoms with Crippen LogP contribution in [0.5, 0.6) is 0 Å². The molecule has 0 spiro atoms. The summed E-state index contributed by atoms with van der Waals surface area (Å²) in [7, 11) is 0. The van der Waals surface area contributed by atoms with Gasteiger partial charge in [0.1, 0.15) is 5.76 Å². The normalized spacial score (nSPS) is 28.6. The molecular weight excluding hydrogens is 320 g/mol. The molecule has 2 amide bonds. The molecule has 1 aliphatic carbocycles. The van der Waals surface area contributed by atoms with Gasteiger partial charge in [0.15, 0.2) is 0 Å². The number of hydrogen-bond donors (Lipinski definition) is 2. The SMILES string of the molecule is NC(=O)C1=CC(C(N)=O)(C2COC2)CC2=C1OCC2c1ccccc1. The Morgan fingerprint density at radius 2 is 1.80 bits per heavy atom. The number of carbonyl (C=O) groups excluding carboxylic acids is 2. The molecule has 4 N–H and O–H groups in total. The summed E-state index contributed by atoms with van der Waals surface area (Å²) in [5, 5.41) is 0. The van der Waals surface area contributed by atoms with E-state index in [4.69, 9.17) is 20.9 Å². The summed E-state index contributed by atoms with van der Waals surface area (Å²) in [5.74, 6) is -0.612. The summed E-state index contributed by atoms with van der Waals surface area (Å²) in [6.45, 7) is 1.32. The fourth-order valence-electron chi connectivity index (χ4n) is 3.98. The van der Waals surface area contributed by atoms with Gasteiger partial charge in [-0.2, -0.15) is 0 Å². The number of hydrogen-bond acceptors (Lipinski definition) is 4. The number of amides is 2. The minimum absolute atomic E-state index is 0.0148. The van der Waals surface area contributed by atoms with Gasteiger partial charge in [-0.15, -0.1) is 0 Å². The molecule has 0 saturated carbocycles. The molecule has 0 radical (unpaired) electrons. The number of nitrogens with two attached hydrogens (primary N) is 2.